The molecule has 0 spiro atoms. The molecule has 1 aromatic heterocycles. The van der Waals surface area contributed by atoms with Crippen molar-refractivity contribution in [1.82, 2.24) is 4.98 Å². The monoisotopic (exact) mass is 414 g/mol. The molecular formula is C25H22N2O4. The second-order valence-electron chi connectivity index (χ2n) is 6.86. The molecule has 0 atom stereocenters. The molecule has 1 N–H and O–H groups in total. The fourth-order valence-corrected chi connectivity index (χ4v) is 3.08. The van der Waals surface area contributed by atoms with Gasteiger partial charge >= 0.3 is 0 Å². The highest BCUT2D eigenvalue weighted by Crippen LogP contribution is 2.24. The number of amides is 1. The summed E-state index contributed by atoms with van der Waals surface area (Å²) in [4.78, 5) is 17.0. The standard InChI is InChI=1S/C25H22N2O4/c1-17-22(27-25(31-17)18-8-4-3-5-9-18)16-30-20-14-12-19(13-15-20)26-24(28)21-10-6-7-11-23(21)29-2/h3-15H,16H2,1-2H3,(H,26,28). The summed E-state index contributed by atoms with van der Waals surface area (Å²) in [6.07, 6.45) is 0. The number of aryl methyl sites for hydroxylation is 1. The third-order valence-electron chi connectivity index (χ3n) is 4.75. The third kappa shape index (κ3) is 4.75. The number of benzene rings is 3. The summed E-state index contributed by atoms with van der Waals surface area (Å²) in [6.45, 7) is 2.16. The van der Waals surface area contributed by atoms with Gasteiger partial charge in [-0.25, -0.2) is 4.98 Å². The lowest BCUT2D eigenvalue weighted by atomic mass is 10.2. The number of hydrogen-bond donors (Lipinski definition) is 1. The molecule has 31 heavy (non-hydrogen) atoms. The van der Waals surface area contributed by atoms with E-state index in [-0.39, 0.29) is 12.5 Å². The highest BCUT2D eigenvalue weighted by molar-refractivity contribution is 6.06. The van der Waals surface area contributed by atoms with E-state index in [1.165, 1.54) is 7.11 Å². The largest absolute Gasteiger partial charge is 0.496 e. The Morgan fingerprint density at radius 1 is 0.968 bits per heavy atom. The Labute approximate surface area is 180 Å². The van der Waals surface area contributed by atoms with Gasteiger partial charge in [0, 0.05) is 11.3 Å². The third-order valence-corrected chi connectivity index (χ3v) is 4.75. The van der Waals surface area contributed by atoms with Crippen molar-refractivity contribution in [3.63, 3.8) is 0 Å². The van der Waals surface area contributed by atoms with Crippen LogP contribution in [0.25, 0.3) is 11.5 Å². The number of para-hydroxylation sites is 1. The van der Waals surface area contributed by atoms with Gasteiger partial charge in [-0.3, -0.25) is 4.79 Å². The molecule has 0 saturated carbocycles. The normalized spacial score (nSPS) is 10.5. The van der Waals surface area contributed by atoms with Gasteiger partial charge in [0.1, 0.15) is 29.6 Å². The molecule has 4 rings (SSSR count). The van der Waals surface area contributed by atoms with Crippen LogP contribution < -0.4 is 14.8 Å². The highest BCUT2D eigenvalue weighted by atomic mass is 16.5. The molecule has 1 heterocycles. The molecule has 6 nitrogen and oxygen atoms in total. The maximum atomic E-state index is 12.5. The van der Waals surface area contributed by atoms with E-state index in [1.54, 1.807) is 42.5 Å². The summed E-state index contributed by atoms with van der Waals surface area (Å²) in [5, 5.41) is 2.86. The van der Waals surface area contributed by atoms with Gasteiger partial charge in [0.15, 0.2) is 0 Å². The molecule has 0 bridgehead atoms. The van der Waals surface area contributed by atoms with Crippen LogP contribution in [0.2, 0.25) is 0 Å². The minimum atomic E-state index is -0.238. The molecule has 0 unspecified atom stereocenters. The number of rotatable bonds is 7. The molecule has 6 heteroatoms. The van der Waals surface area contributed by atoms with E-state index in [2.05, 4.69) is 10.3 Å². The molecule has 0 aliphatic heterocycles. The van der Waals surface area contributed by atoms with Crippen LogP contribution in [0.5, 0.6) is 11.5 Å². The fourth-order valence-electron chi connectivity index (χ4n) is 3.08. The van der Waals surface area contributed by atoms with E-state index in [0.29, 0.717) is 28.6 Å². The number of oxazole rings is 1. The maximum Gasteiger partial charge on any atom is 0.259 e. The van der Waals surface area contributed by atoms with Crippen LogP contribution in [0.3, 0.4) is 0 Å². The Kier molecular flexibility index (Phi) is 5.98. The number of anilines is 1. The lowest BCUT2D eigenvalue weighted by molar-refractivity contribution is 0.102. The summed E-state index contributed by atoms with van der Waals surface area (Å²) < 4.78 is 16.9. The first-order chi connectivity index (χ1) is 15.1. The van der Waals surface area contributed by atoms with Gasteiger partial charge < -0.3 is 19.2 Å². The first kappa shape index (κ1) is 20.2. The van der Waals surface area contributed by atoms with Crippen LogP contribution >= 0.6 is 0 Å². The lowest BCUT2D eigenvalue weighted by Gasteiger charge is -2.10. The van der Waals surface area contributed by atoms with Crippen LogP contribution in [0.1, 0.15) is 21.8 Å². The number of nitrogens with zero attached hydrogens (tertiary/aromatic N) is 1. The molecule has 0 aliphatic rings. The number of carbonyl (C=O) groups excluding carboxylic acids is 1. The van der Waals surface area contributed by atoms with Crippen LogP contribution in [-0.4, -0.2) is 18.0 Å². The second kappa shape index (κ2) is 9.17. The minimum absolute atomic E-state index is 0.238. The topological polar surface area (TPSA) is 73.6 Å². The van der Waals surface area contributed by atoms with Crippen LogP contribution in [0.15, 0.2) is 83.3 Å². The molecule has 1 amide bonds. The number of hydrogen-bond acceptors (Lipinski definition) is 5. The van der Waals surface area contributed by atoms with Crippen LogP contribution in [0.4, 0.5) is 5.69 Å². The van der Waals surface area contributed by atoms with E-state index < -0.39 is 0 Å². The van der Waals surface area contributed by atoms with Crippen molar-refractivity contribution in [3.05, 3.63) is 95.9 Å². The zero-order valence-electron chi connectivity index (χ0n) is 17.3. The average Bonchev–Trinajstić information content (AvgIpc) is 3.19. The number of nitrogens with one attached hydrogen (secondary N) is 1. The summed E-state index contributed by atoms with van der Waals surface area (Å²) in [6, 6.07) is 24.0. The predicted octanol–water partition coefficient (Wildman–Crippen LogP) is 5.49. The molecule has 0 aliphatic carbocycles. The number of carbonyl (C=O) groups is 1. The molecule has 3 aromatic carbocycles. The Morgan fingerprint density at radius 3 is 2.42 bits per heavy atom. The number of aromatic nitrogens is 1. The molecule has 4 aromatic rings. The SMILES string of the molecule is COc1ccccc1C(=O)Nc1ccc(OCc2nc(-c3ccccc3)oc2C)cc1. The lowest BCUT2D eigenvalue weighted by Crippen LogP contribution is -2.13. The predicted molar refractivity (Wildman–Crippen MR) is 118 cm³/mol. The molecule has 0 fully saturated rings. The number of methoxy groups -OCH3 is 1. The zero-order valence-corrected chi connectivity index (χ0v) is 17.3. The van der Waals surface area contributed by atoms with Crippen molar-refractivity contribution in [3.8, 4) is 23.0 Å². The smallest absolute Gasteiger partial charge is 0.259 e. The van der Waals surface area contributed by atoms with E-state index in [9.17, 15) is 4.79 Å². The maximum absolute atomic E-state index is 12.5. The van der Waals surface area contributed by atoms with Gasteiger partial charge in [0.05, 0.1) is 12.7 Å². The Morgan fingerprint density at radius 2 is 1.68 bits per heavy atom. The van der Waals surface area contributed by atoms with Crippen molar-refractivity contribution < 1.29 is 18.7 Å². The summed E-state index contributed by atoms with van der Waals surface area (Å²) >= 11 is 0. The Balaban J connectivity index is 1.38. The van der Waals surface area contributed by atoms with Crippen LogP contribution in [-0.2, 0) is 6.61 Å². The van der Waals surface area contributed by atoms with Crippen LogP contribution in [0, 0.1) is 6.92 Å². The van der Waals surface area contributed by atoms with Crippen molar-refractivity contribution in [2.24, 2.45) is 0 Å². The molecule has 0 radical (unpaired) electrons. The van der Waals surface area contributed by atoms with E-state index >= 15 is 0 Å². The van der Waals surface area contributed by atoms with Gasteiger partial charge in [0.2, 0.25) is 5.89 Å². The first-order valence-corrected chi connectivity index (χ1v) is 9.83. The fraction of sp³-hybridized carbons (Fsp3) is 0.120. The summed E-state index contributed by atoms with van der Waals surface area (Å²) in [7, 11) is 1.54. The summed E-state index contributed by atoms with van der Waals surface area (Å²) in [5.41, 5.74) is 2.80. The number of ether oxygens (including phenoxy) is 2. The molecular weight excluding hydrogens is 392 g/mol. The van der Waals surface area contributed by atoms with Gasteiger partial charge in [-0.1, -0.05) is 30.3 Å². The molecule has 0 saturated heterocycles. The second-order valence-corrected chi connectivity index (χ2v) is 6.86. The first-order valence-electron chi connectivity index (χ1n) is 9.83. The summed E-state index contributed by atoms with van der Waals surface area (Å²) in [5.74, 6) is 2.25. The van der Waals surface area contributed by atoms with E-state index in [1.807, 2.05) is 43.3 Å². The highest BCUT2D eigenvalue weighted by Gasteiger charge is 2.13. The Bertz CT molecular complexity index is 1170. The van der Waals surface area contributed by atoms with Gasteiger partial charge in [-0.15, -0.1) is 0 Å². The zero-order chi connectivity index (χ0) is 21.6. The van der Waals surface area contributed by atoms with Crippen molar-refractivity contribution >= 4 is 11.6 Å². The molecule has 156 valence electrons. The van der Waals surface area contributed by atoms with E-state index in [4.69, 9.17) is 13.9 Å². The van der Waals surface area contributed by atoms with E-state index in [0.717, 1.165) is 17.0 Å². The van der Waals surface area contributed by atoms with Gasteiger partial charge in [-0.2, -0.15) is 0 Å². The van der Waals surface area contributed by atoms with Gasteiger partial charge in [-0.05, 0) is 55.5 Å². The van der Waals surface area contributed by atoms with Crippen molar-refractivity contribution in [1.29, 1.82) is 0 Å². The van der Waals surface area contributed by atoms with Gasteiger partial charge in [0.25, 0.3) is 5.91 Å². The quantitative estimate of drug-likeness (QED) is 0.433. The van der Waals surface area contributed by atoms with Crippen molar-refractivity contribution in [2.75, 3.05) is 12.4 Å². The Hall–Kier alpha value is -4.06. The van der Waals surface area contributed by atoms with Crippen molar-refractivity contribution in [2.45, 2.75) is 13.5 Å². The average molecular weight is 414 g/mol. The minimum Gasteiger partial charge on any atom is -0.496 e.